The summed E-state index contributed by atoms with van der Waals surface area (Å²) in [5, 5.41) is 9.74. The predicted octanol–water partition coefficient (Wildman–Crippen LogP) is 1.45. The lowest BCUT2D eigenvalue weighted by Crippen LogP contribution is -2.25. The van der Waals surface area contributed by atoms with Crippen LogP contribution in [0.4, 0.5) is 5.69 Å². The topological polar surface area (TPSA) is 115 Å². The molecule has 1 saturated heterocycles. The second-order valence-corrected chi connectivity index (χ2v) is 5.87. The number of nitrogens with one attached hydrogen (secondary N) is 2. The first-order chi connectivity index (χ1) is 12.2. The Labute approximate surface area is 146 Å². The Kier molecular flexibility index (Phi) is 6.10. The smallest absolute Gasteiger partial charge is 0.226 e. The monoisotopic (exact) mass is 345 g/mol. The summed E-state index contributed by atoms with van der Waals surface area (Å²) in [7, 11) is 0. The molecule has 8 heteroatoms. The number of hydrogen-bond donors (Lipinski definition) is 3. The van der Waals surface area contributed by atoms with Crippen LogP contribution in [-0.4, -0.2) is 47.0 Å². The summed E-state index contributed by atoms with van der Waals surface area (Å²) in [6, 6.07) is 7.37. The van der Waals surface area contributed by atoms with Gasteiger partial charge in [-0.05, 0) is 37.1 Å². The fourth-order valence-corrected chi connectivity index (χ4v) is 2.60. The predicted molar refractivity (Wildman–Crippen MR) is 92.7 cm³/mol. The van der Waals surface area contributed by atoms with Crippen molar-refractivity contribution in [3.8, 4) is 11.4 Å². The lowest BCUT2D eigenvalue weighted by molar-refractivity contribution is -0.118. The number of nitrogens with zero attached hydrogens (tertiary/aromatic N) is 2. The molecule has 1 aliphatic heterocycles. The molecule has 2 aromatic rings. The van der Waals surface area contributed by atoms with E-state index >= 15 is 0 Å². The summed E-state index contributed by atoms with van der Waals surface area (Å²) in [5.74, 6) is 1.16. The maximum absolute atomic E-state index is 12.0. The highest BCUT2D eigenvalue weighted by Gasteiger charge is 2.14. The van der Waals surface area contributed by atoms with Gasteiger partial charge in [0.15, 0.2) is 5.82 Å². The van der Waals surface area contributed by atoms with Crippen molar-refractivity contribution in [2.45, 2.75) is 31.9 Å². The van der Waals surface area contributed by atoms with E-state index < -0.39 is 0 Å². The summed E-state index contributed by atoms with van der Waals surface area (Å²) in [5.41, 5.74) is 7.10. The van der Waals surface area contributed by atoms with E-state index in [1.807, 2.05) is 24.3 Å². The van der Waals surface area contributed by atoms with Crippen LogP contribution in [0.15, 0.2) is 24.3 Å². The van der Waals surface area contributed by atoms with Crippen LogP contribution in [0.2, 0.25) is 0 Å². The van der Waals surface area contributed by atoms with Crippen molar-refractivity contribution in [3.63, 3.8) is 0 Å². The number of hydrogen-bond acceptors (Lipinski definition) is 6. The number of aromatic nitrogens is 3. The maximum atomic E-state index is 12.0. The fraction of sp³-hybridized carbons (Fsp3) is 0.471. The molecule has 1 amide bonds. The van der Waals surface area contributed by atoms with Crippen LogP contribution in [0.1, 0.15) is 25.1 Å². The number of H-pyrrole nitrogens is 1. The van der Waals surface area contributed by atoms with Crippen molar-refractivity contribution in [2.75, 3.05) is 25.1 Å². The van der Waals surface area contributed by atoms with E-state index in [0.717, 1.165) is 37.3 Å². The Bertz CT molecular complexity index is 680. The van der Waals surface area contributed by atoms with Crippen molar-refractivity contribution in [2.24, 2.45) is 5.73 Å². The molecule has 1 aliphatic rings. The number of aromatic amines is 1. The summed E-state index contributed by atoms with van der Waals surface area (Å²) < 4.78 is 11.0. The molecular weight excluding hydrogens is 322 g/mol. The van der Waals surface area contributed by atoms with Crippen LogP contribution < -0.4 is 11.1 Å². The van der Waals surface area contributed by atoms with Gasteiger partial charge in [-0.15, -0.1) is 0 Å². The number of ether oxygens (including phenoxy) is 2. The van der Waals surface area contributed by atoms with Crippen LogP contribution in [-0.2, 0) is 20.8 Å². The number of rotatable bonds is 7. The Morgan fingerprint density at radius 1 is 1.32 bits per heavy atom. The molecule has 2 heterocycles. The number of amides is 1. The van der Waals surface area contributed by atoms with Gasteiger partial charge in [0.2, 0.25) is 5.91 Å². The minimum absolute atomic E-state index is 0.0666. The van der Waals surface area contributed by atoms with Gasteiger partial charge in [0, 0.05) is 24.5 Å². The van der Waals surface area contributed by atoms with Crippen molar-refractivity contribution in [1.82, 2.24) is 15.2 Å². The molecule has 0 aliphatic carbocycles. The Hall–Kier alpha value is -2.29. The van der Waals surface area contributed by atoms with Gasteiger partial charge >= 0.3 is 0 Å². The van der Waals surface area contributed by atoms with Crippen molar-refractivity contribution >= 4 is 11.6 Å². The highest BCUT2D eigenvalue weighted by atomic mass is 16.5. The number of anilines is 1. The zero-order valence-electron chi connectivity index (χ0n) is 14.0. The molecule has 0 spiro atoms. The van der Waals surface area contributed by atoms with Crippen LogP contribution in [0.5, 0.6) is 0 Å². The highest BCUT2D eigenvalue weighted by molar-refractivity contribution is 5.90. The lowest BCUT2D eigenvalue weighted by Gasteiger charge is -2.22. The van der Waals surface area contributed by atoms with Crippen molar-refractivity contribution in [1.29, 1.82) is 0 Å². The Balaban J connectivity index is 1.45. The molecule has 1 aromatic heterocycles. The van der Waals surface area contributed by atoms with Crippen LogP contribution >= 0.6 is 0 Å². The van der Waals surface area contributed by atoms with Crippen molar-refractivity contribution in [3.05, 3.63) is 30.1 Å². The molecule has 4 N–H and O–H groups in total. The quantitative estimate of drug-likeness (QED) is 0.700. The first-order valence-corrected chi connectivity index (χ1v) is 8.45. The van der Waals surface area contributed by atoms with Gasteiger partial charge in [0.1, 0.15) is 5.82 Å². The molecule has 25 heavy (non-hydrogen) atoms. The largest absolute Gasteiger partial charge is 0.381 e. The van der Waals surface area contributed by atoms with Crippen molar-refractivity contribution < 1.29 is 14.3 Å². The second-order valence-electron chi connectivity index (χ2n) is 5.87. The van der Waals surface area contributed by atoms with E-state index in [2.05, 4.69) is 20.5 Å². The zero-order valence-corrected chi connectivity index (χ0v) is 14.0. The van der Waals surface area contributed by atoms with E-state index in [9.17, 15) is 4.79 Å². The molecule has 0 saturated carbocycles. The SMILES string of the molecule is NCc1nc(-c2ccc(NC(=O)CCOC3CCOCC3)cc2)n[nH]1. The van der Waals surface area contributed by atoms with Gasteiger partial charge in [0.25, 0.3) is 0 Å². The minimum Gasteiger partial charge on any atom is -0.381 e. The number of carbonyl (C=O) groups is 1. The highest BCUT2D eigenvalue weighted by Crippen LogP contribution is 2.18. The number of carbonyl (C=O) groups excluding carboxylic acids is 1. The zero-order chi connectivity index (χ0) is 17.5. The molecule has 1 aromatic carbocycles. The Morgan fingerprint density at radius 2 is 2.08 bits per heavy atom. The standard InChI is InChI=1S/C17H23N5O3/c18-11-15-20-17(22-21-15)12-1-3-13(4-2-12)19-16(23)7-10-25-14-5-8-24-9-6-14/h1-4,14H,5-11,18H2,(H,19,23)(H,20,21,22). The summed E-state index contributed by atoms with van der Waals surface area (Å²) >= 11 is 0. The third-order valence-corrected chi connectivity index (χ3v) is 4.00. The number of benzene rings is 1. The van der Waals surface area contributed by atoms with E-state index in [4.69, 9.17) is 15.2 Å². The molecule has 0 bridgehead atoms. The molecule has 0 unspecified atom stereocenters. The molecule has 1 fully saturated rings. The molecule has 0 atom stereocenters. The van der Waals surface area contributed by atoms with Gasteiger partial charge in [0.05, 0.1) is 25.7 Å². The third kappa shape index (κ3) is 5.09. The summed E-state index contributed by atoms with van der Waals surface area (Å²) in [6.45, 7) is 2.21. The van der Waals surface area contributed by atoms with Gasteiger partial charge in [-0.1, -0.05) is 0 Å². The van der Waals surface area contributed by atoms with Gasteiger partial charge < -0.3 is 20.5 Å². The van der Waals surface area contributed by atoms with E-state index in [1.165, 1.54) is 0 Å². The van der Waals surface area contributed by atoms with Gasteiger partial charge in [-0.25, -0.2) is 4.98 Å². The van der Waals surface area contributed by atoms with Gasteiger partial charge in [-0.2, -0.15) is 5.10 Å². The first-order valence-electron chi connectivity index (χ1n) is 8.45. The molecule has 8 nitrogen and oxygen atoms in total. The van der Waals surface area contributed by atoms with E-state index in [0.29, 0.717) is 31.2 Å². The summed E-state index contributed by atoms with van der Waals surface area (Å²) in [4.78, 5) is 16.3. The molecule has 134 valence electrons. The van der Waals surface area contributed by atoms with Crippen LogP contribution in [0.3, 0.4) is 0 Å². The lowest BCUT2D eigenvalue weighted by atomic mass is 10.1. The first kappa shape index (κ1) is 17.5. The van der Waals surface area contributed by atoms with Gasteiger partial charge in [-0.3, -0.25) is 9.89 Å². The third-order valence-electron chi connectivity index (χ3n) is 4.00. The average Bonchev–Trinajstić information content (AvgIpc) is 3.12. The van der Waals surface area contributed by atoms with Crippen LogP contribution in [0.25, 0.3) is 11.4 Å². The second kappa shape index (κ2) is 8.70. The normalized spacial score (nSPS) is 15.2. The molecular formula is C17H23N5O3. The van der Waals surface area contributed by atoms with E-state index in [1.54, 1.807) is 0 Å². The minimum atomic E-state index is -0.0666. The fourth-order valence-electron chi connectivity index (χ4n) is 2.60. The Morgan fingerprint density at radius 3 is 2.76 bits per heavy atom. The van der Waals surface area contributed by atoms with Crippen LogP contribution in [0, 0.1) is 0 Å². The van der Waals surface area contributed by atoms with E-state index in [-0.39, 0.29) is 12.0 Å². The summed E-state index contributed by atoms with van der Waals surface area (Å²) in [6.07, 6.45) is 2.34. The molecule has 0 radical (unpaired) electrons. The maximum Gasteiger partial charge on any atom is 0.226 e. The molecule has 3 rings (SSSR count). The number of nitrogens with two attached hydrogens (primary N) is 1. The average molecular weight is 345 g/mol.